The predicted molar refractivity (Wildman–Crippen MR) is 98.3 cm³/mol. The highest BCUT2D eigenvalue weighted by atomic mass is 14.5. The van der Waals surface area contributed by atoms with Crippen LogP contribution in [0, 0.1) is 23.7 Å². The molecule has 0 spiro atoms. The smallest absolute Gasteiger partial charge is 0.00763 e. The third-order valence-electron chi connectivity index (χ3n) is 6.66. The molecule has 0 heteroatoms. The van der Waals surface area contributed by atoms with Crippen molar-refractivity contribution in [2.45, 2.75) is 44.9 Å². The van der Waals surface area contributed by atoms with Crippen LogP contribution in [0.25, 0.3) is 16.8 Å². The van der Waals surface area contributed by atoms with Crippen molar-refractivity contribution in [2.24, 2.45) is 23.7 Å². The van der Waals surface area contributed by atoms with E-state index in [2.05, 4.69) is 48.6 Å². The zero-order valence-electron chi connectivity index (χ0n) is 13.9. The number of benzene rings is 2. The molecule has 7 rings (SSSR count). The first kappa shape index (κ1) is 13.8. The van der Waals surface area contributed by atoms with Gasteiger partial charge in [-0.05, 0) is 90.5 Å². The summed E-state index contributed by atoms with van der Waals surface area (Å²) in [5.41, 5.74) is 2.81. The lowest BCUT2D eigenvalue weighted by Gasteiger charge is -2.49. The lowest BCUT2D eigenvalue weighted by atomic mass is 9.56. The second-order valence-corrected chi connectivity index (χ2v) is 8.35. The molecular formula is C23H26. The van der Waals surface area contributed by atoms with Crippen molar-refractivity contribution in [3.8, 4) is 0 Å². The fourth-order valence-corrected chi connectivity index (χ4v) is 6.05. The zero-order chi connectivity index (χ0) is 15.2. The Morgan fingerprint density at radius 3 is 1.83 bits per heavy atom. The van der Waals surface area contributed by atoms with Crippen molar-refractivity contribution in [1.29, 1.82) is 0 Å². The molecule has 4 fully saturated rings. The number of hydrogen-bond donors (Lipinski definition) is 0. The maximum absolute atomic E-state index is 2.23. The van der Waals surface area contributed by atoms with Gasteiger partial charge >= 0.3 is 0 Å². The summed E-state index contributed by atoms with van der Waals surface area (Å²) in [4.78, 5) is 0. The van der Waals surface area contributed by atoms with Crippen LogP contribution in [0.1, 0.15) is 49.7 Å². The van der Waals surface area contributed by atoms with Crippen molar-refractivity contribution >= 4 is 16.8 Å². The van der Waals surface area contributed by atoms with Gasteiger partial charge in [0.25, 0.3) is 0 Å². The van der Waals surface area contributed by atoms with Gasteiger partial charge in [-0.25, -0.2) is 0 Å². The Hall–Kier alpha value is -1.56. The van der Waals surface area contributed by atoms with Crippen molar-refractivity contribution in [1.82, 2.24) is 0 Å². The Labute approximate surface area is 139 Å². The van der Waals surface area contributed by atoms with Gasteiger partial charge in [0.05, 0.1) is 0 Å². The molecule has 0 radical (unpaired) electrons. The highest BCUT2D eigenvalue weighted by molar-refractivity contribution is 5.94. The van der Waals surface area contributed by atoms with Crippen LogP contribution in [-0.2, 0) is 6.42 Å². The molecule has 2 aromatic carbocycles. The maximum Gasteiger partial charge on any atom is -0.00763 e. The zero-order valence-corrected chi connectivity index (χ0v) is 13.9. The second-order valence-electron chi connectivity index (χ2n) is 8.35. The van der Waals surface area contributed by atoms with Crippen LogP contribution in [0.3, 0.4) is 0 Å². The van der Waals surface area contributed by atoms with Crippen LogP contribution >= 0.6 is 0 Å². The van der Waals surface area contributed by atoms with E-state index in [1.54, 1.807) is 38.5 Å². The van der Waals surface area contributed by atoms with Gasteiger partial charge in [-0.3, -0.25) is 0 Å². The van der Waals surface area contributed by atoms with E-state index in [0.29, 0.717) is 0 Å². The summed E-state index contributed by atoms with van der Waals surface area (Å²) >= 11 is 0. The fraction of sp³-hybridized carbons (Fsp3) is 0.478. The molecule has 4 saturated carbocycles. The van der Waals surface area contributed by atoms with E-state index in [-0.39, 0.29) is 0 Å². The van der Waals surface area contributed by atoms with Crippen LogP contribution in [0.5, 0.6) is 0 Å². The van der Waals surface area contributed by atoms with Crippen molar-refractivity contribution < 1.29 is 0 Å². The van der Waals surface area contributed by atoms with E-state index in [9.17, 15) is 0 Å². The summed E-state index contributed by atoms with van der Waals surface area (Å²) in [6.07, 6.45) is 15.2. The molecule has 0 heterocycles. The Balaban J connectivity index is 0.000000109. The van der Waals surface area contributed by atoms with Crippen molar-refractivity contribution in [3.63, 3.8) is 0 Å². The second kappa shape index (κ2) is 5.51. The Morgan fingerprint density at radius 1 is 0.652 bits per heavy atom. The SMILES string of the molecule is C1=Cc2cccc3cccc(c23)C1.C1C2CC3CC1CC(C2)C3. The summed E-state index contributed by atoms with van der Waals surface area (Å²) in [5, 5.41) is 2.80. The van der Waals surface area contributed by atoms with Crippen LogP contribution in [0.4, 0.5) is 0 Å². The van der Waals surface area contributed by atoms with Crippen LogP contribution in [-0.4, -0.2) is 0 Å². The lowest BCUT2D eigenvalue weighted by molar-refractivity contribution is 0.0198. The van der Waals surface area contributed by atoms with Gasteiger partial charge in [0.2, 0.25) is 0 Å². The van der Waals surface area contributed by atoms with E-state index < -0.39 is 0 Å². The molecule has 5 aliphatic carbocycles. The van der Waals surface area contributed by atoms with Gasteiger partial charge in [-0.2, -0.15) is 0 Å². The molecule has 0 N–H and O–H groups in total. The molecule has 0 aromatic heterocycles. The monoisotopic (exact) mass is 302 g/mol. The molecular weight excluding hydrogens is 276 g/mol. The molecule has 0 saturated heterocycles. The van der Waals surface area contributed by atoms with Crippen molar-refractivity contribution in [2.75, 3.05) is 0 Å². The third kappa shape index (κ3) is 2.53. The van der Waals surface area contributed by atoms with Gasteiger partial charge < -0.3 is 0 Å². The summed E-state index contributed by atoms with van der Waals surface area (Å²) in [7, 11) is 0. The third-order valence-corrected chi connectivity index (χ3v) is 6.66. The minimum absolute atomic E-state index is 1.08. The Bertz CT molecular complexity index is 690. The molecule has 2 aromatic rings. The van der Waals surface area contributed by atoms with E-state index in [0.717, 1.165) is 6.42 Å². The molecule has 0 unspecified atom stereocenters. The fourth-order valence-electron chi connectivity index (χ4n) is 6.05. The number of rotatable bonds is 0. The van der Waals surface area contributed by atoms with Crippen molar-refractivity contribution in [3.05, 3.63) is 53.6 Å². The summed E-state index contributed by atoms with van der Waals surface area (Å²) < 4.78 is 0. The minimum atomic E-state index is 1.08. The van der Waals surface area contributed by atoms with E-state index in [1.807, 2.05) is 0 Å². The predicted octanol–water partition coefficient (Wildman–Crippen LogP) is 6.24. The number of allylic oxidation sites excluding steroid dienone is 1. The van der Waals surface area contributed by atoms with E-state index in [4.69, 9.17) is 0 Å². The minimum Gasteiger partial charge on any atom is -0.0795 e. The topological polar surface area (TPSA) is 0 Å². The number of hydrogen-bond acceptors (Lipinski definition) is 0. The first-order chi connectivity index (χ1) is 11.3. The molecule has 5 aliphatic rings. The first-order valence-electron chi connectivity index (χ1n) is 9.52. The average molecular weight is 302 g/mol. The molecule has 0 nitrogen and oxygen atoms in total. The molecule has 4 bridgehead atoms. The van der Waals surface area contributed by atoms with Crippen LogP contribution in [0.2, 0.25) is 0 Å². The van der Waals surface area contributed by atoms with E-state index in [1.165, 1.54) is 45.6 Å². The Morgan fingerprint density at radius 2 is 1.22 bits per heavy atom. The summed E-state index contributed by atoms with van der Waals surface area (Å²) in [5.74, 6) is 4.71. The van der Waals surface area contributed by atoms with Gasteiger partial charge in [0.1, 0.15) is 0 Å². The van der Waals surface area contributed by atoms with Gasteiger partial charge in [0.15, 0.2) is 0 Å². The molecule has 118 valence electrons. The van der Waals surface area contributed by atoms with Gasteiger partial charge in [-0.15, -0.1) is 0 Å². The standard InChI is InChI=1S/C13H10.C10H16/c1-4-10-6-2-8-12-9-3-7-11(5-1)13(10)12;1-7-2-9-4-8(1)5-10(3-7)6-9/h1-8H,9H2;7-10H,1-6H2. The maximum atomic E-state index is 2.23. The molecule has 0 amide bonds. The average Bonchev–Trinajstić information content (AvgIpc) is 2.55. The van der Waals surface area contributed by atoms with Crippen LogP contribution in [0.15, 0.2) is 42.5 Å². The largest absolute Gasteiger partial charge is 0.0795 e. The lowest BCUT2D eigenvalue weighted by Crippen LogP contribution is -2.38. The molecule has 23 heavy (non-hydrogen) atoms. The van der Waals surface area contributed by atoms with Crippen LogP contribution < -0.4 is 0 Å². The Kier molecular flexibility index (Phi) is 3.32. The summed E-state index contributed by atoms with van der Waals surface area (Å²) in [6.45, 7) is 0. The van der Waals surface area contributed by atoms with E-state index >= 15 is 0 Å². The quantitative estimate of drug-likeness (QED) is 0.540. The normalized spacial score (nSPS) is 32.7. The summed E-state index contributed by atoms with van der Waals surface area (Å²) in [6, 6.07) is 13.0. The molecule has 0 atom stereocenters. The van der Waals surface area contributed by atoms with Gasteiger partial charge in [0, 0.05) is 0 Å². The van der Waals surface area contributed by atoms with Gasteiger partial charge in [-0.1, -0.05) is 48.6 Å². The highest BCUT2D eigenvalue weighted by Crippen LogP contribution is 2.53. The first-order valence-corrected chi connectivity index (χ1v) is 9.52. The highest BCUT2D eigenvalue weighted by Gasteiger charge is 2.41. The molecule has 0 aliphatic heterocycles.